The van der Waals surface area contributed by atoms with Crippen molar-refractivity contribution in [2.24, 2.45) is 0 Å². The van der Waals surface area contributed by atoms with Crippen LogP contribution in [0.1, 0.15) is 68.2 Å². The van der Waals surface area contributed by atoms with E-state index in [1.165, 1.54) is 28.7 Å². The lowest BCUT2D eigenvalue weighted by Crippen LogP contribution is -3.00. The summed E-state index contributed by atoms with van der Waals surface area (Å²) in [5, 5.41) is 0. The summed E-state index contributed by atoms with van der Waals surface area (Å²) in [6.07, 6.45) is 3.56. The normalized spacial score (nSPS) is 14.3. The van der Waals surface area contributed by atoms with E-state index >= 15 is 0 Å². The summed E-state index contributed by atoms with van der Waals surface area (Å²) in [6.45, 7) is 13.3. The predicted molar refractivity (Wildman–Crippen MR) is 111 cm³/mol. The molecule has 0 fully saturated rings. The fraction of sp³-hybridized carbons (Fsp3) is 0.458. The van der Waals surface area contributed by atoms with Gasteiger partial charge in [0.25, 0.3) is 0 Å². The fourth-order valence-electron chi connectivity index (χ4n) is 3.55. The summed E-state index contributed by atoms with van der Waals surface area (Å²) < 4.78 is 2.45. The van der Waals surface area contributed by atoms with Crippen molar-refractivity contribution in [3.05, 3.63) is 70.8 Å². The van der Waals surface area contributed by atoms with Gasteiger partial charge in [-0.15, -0.1) is 0 Å². The topological polar surface area (TPSA) is 6.25 Å². The maximum absolute atomic E-state index is 2.45. The van der Waals surface area contributed by atoms with Gasteiger partial charge in [-0.1, -0.05) is 76.2 Å². The second-order valence-electron chi connectivity index (χ2n) is 8.20. The molecule has 0 bridgehead atoms. The molecule has 1 heterocycles. The highest BCUT2D eigenvalue weighted by Gasteiger charge is 2.17. The molecule has 1 aliphatic heterocycles. The second kappa shape index (κ2) is 9.94. The Bertz CT molecular complexity index is 730. The molecule has 0 spiro atoms. The molecule has 0 radical (unpaired) electrons. The maximum Gasteiger partial charge on any atom is 0.234 e. The van der Waals surface area contributed by atoms with E-state index in [1.807, 2.05) is 0 Å². The van der Waals surface area contributed by atoms with Crippen molar-refractivity contribution in [2.45, 2.75) is 59.0 Å². The summed E-state index contributed by atoms with van der Waals surface area (Å²) >= 11 is 0. The molecule has 1 aliphatic rings. The highest BCUT2D eigenvalue weighted by atomic mass is 35.5. The molecule has 0 saturated carbocycles. The SMILES string of the molecule is CC(C)c1ccc(CN2C=[N+](Cc3ccc(C(C)C)cc3)CCC2)cc1.[Cl-]. The number of rotatable bonds is 6. The Morgan fingerprint density at radius 2 is 1.33 bits per heavy atom. The molecular formula is C24H33ClN2. The van der Waals surface area contributed by atoms with Crippen molar-refractivity contribution >= 4 is 6.34 Å². The van der Waals surface area contributed by atoms with E-state index in [-0.39, 0.29) is 12.4 Å². The van der Waals surface area contributed by atoms with Gasteiger partial charge in [0.05, 0.1) is 13.1 Å². The van der Waals surface area contributed by atoms with Crippen LogP contribution in [-0.4, -0.2) is 28.9 Å². The molecule has 2 nitrogen and oxygen atoms in total. The van der Waals surface area contributed by atoms with E-state index in [0.29, 0.717) is 11.8 Å². The van der Waals surface area contributed by atoms with Crippen molar-refractivity contribution < 1.29 is 17.0 Å². The van der Waals surface area contributed by atoms with E-state index in [0.717, 1.165) is 26.2 Å². The highest BCUT2D eigenvalue weighted by molar-refractivity contribution is 5.50. The third kappa shape index (κ3) is 6.10. The lowest BCUT2D eigenvalue weighted by Gasteiger charge is -2.21. The van der Waals surface area contributed by atoms with Gasteiger partial charge < -0.3 is 12.4 Å². The first-order valence-corrected chi connectivity index (χ1v) is 10.0. The van der Waals surface area contributed by atoms with Gasteiger partial charge in [0.2, 0.25) is 6.34 Å². The average molecular weight is 385 g/mol. The summed E-state index contributed by atoms with van der Waals surface area (Å²) in [7, 11) is 0. The summed E-state index contributed by atoms with van der Waals surface area (Å²) in [6, 6.07) is 18.2. The predicted octanol–water partition coefficient (Wildman–Crippen LogP) is 2.38. The number of benzene rings is 2. The minimum absolute atomic E-state index is 0. The molecule has 0 saturated heterocycles. The quantitative estimate of drug-likeness (QED) is 0.693. The van der Waals surface area contributed by atoms with Crippen molar-refractivity contribution in [2.75, 3.05) is 13.1 Å². The third-order valence-electron chi connectivity index (χ3n) is 5.28. The Morgan fingerprint density at radius 3 is 1.85 bits per heavy atom. The van der Waals surface area contributed by atoms with Crippen molar-refractivity contribution in [3.63, 3.8) is 0 Å². The second-order valence-corrected chi connectivity index (χ2v) is 8.20. The molecular weight excluding hydrogens is 352 g/mol. The molecule has 3 heteroatoms. The summed E-state index contributed by atoms with van der Waals surface area (Å²) in [5.74, 6) is 1.20. The molecule has 27 heavy (non-hydrogen) atoms. The van der Waals surface area contributed by atoms with Crippen LogP contribution in [0.4, 0.5) is 0 Å². The lowest BCUT2D eigenvalue weighted by atomic mass is 10.0. The highest BCUT2D eigenvalue weighted by Crippen LogP contribution is 2.17. The van der Waals surface area contributed by atoms with Gasteiger partial charge in [0, 0.05) is 6.42 Å². The molecule has 2 aromatic rings. The molecule has 0 amide bonds. The van der Waals surface area contributed by atoms with Crippen molar-refractivity contribution in [1.29, 1.82) is 0 Å². The van der Waals surface area contributed by atoms with Gasteiger partial charge in [-0.25, -0.2) is 0 Å². The Morgan fingerprint density at radius 1 is 0.815 bits per heavy atom. The zero-order chi connectivity index (χ0) is 18.5. The number of nitrogens with zero attached hydrogens (tertiary/aromatic N) is 2. The average Bonchev–Trinajstić information content (AvgIpc) is 2.63. The van der Waals surface area contributed by atoms with Crippen molar-refractivity contribution in [3.8, 4) is 0 Å². The van der Waals surface area contributed by atoms with Gasteiger partial charge >= 0.3 is 0 Å². The molecule has 0 N–H and O–H groups in total. The number of hydrogen-bond donors (Lipinski definition) is 0. The monoisotopic (exact) mass is 384 g/mol. The van der Waals surface area contributed by atoms with Crippen LogP contribution in [0.2, 0.25) is 0 Å². The van der Waals surface area contributed by atoms with Crippen LogP contribution < -0.4 is 12.4 Å². The van der Waals surface area contributed by atoms with E-state index in [2.05, 4.69) is 92.0 Å². The molecule has 0 aromatic heterocycles. The first-order valence-electron chi connectivity index (χ1n) is 10.0. The van der Waals surface area contributed by atoms with Gasteiger partial charge in [-0.2, -0.15) is 0 Å². The maximum atomic E-state index is 2.45. The van der Waals surface area contributed by atoms with E-state index in [4.69, 9.17) is 0 Å². The third-order valence-corrected chi connectivity index (χ3v) is 5.28. The zero-order valence-corrected chi connectivity index (χ0v) is 17.9. The Kier molecular flexibility index (Phi) is 7.91. The molecule has 0 aliphatic carbocycles. The molecule has 0 atom stereocenters. The smallest absolute Gasteiger partial charge is 0.234 e. The van der Waals surface area contributed by atoms with E-state index in [1.54, 1.807) is 0 Å². The standard InChI is InChI=1S/C24H33N2.ClH/c1-19(2)23-10-6-21(7-11-23)16-25-14-5-15-26(18-25)17-22-8-12-24(13-9-22)20(3)4;/h6-13,18-20H,5,14-17H2,1-4H3;1H/q+1;/p-1. The van der Waals surface area contributed by atoms with Crippen molar-refractivity contribution in [1.82, 2.24) is 4.90 Å². The van der Waals surface area contributed by atoms with E-state index < -0.39 is 0 Å². The van der Waals surface area contributed by atoms with Crippen LogP contribution >= 0.6 is 0 Å². The number of hydrogen-bond acceptors (Lipinski definition) is 1. The lowest BCUT2D eigenvalue weighted by molar-refractivity contribution is -0.549. The molecule has 2 aromatic carbocycles. The van der Waals surface area contributed by atoms with Crippen LogP contribution in [0.15, 0.2) is 48.5 Å². The van der Waals surface area contributed by atoms with E-state index in [9.17, 15) is 0 Å². The fourth-order valence-corrected chi connectivity index (χ4v) is 3.55. The largest absolute Gasteiger partial charge is 1.00 e. The van der Waals surface area contributed by atoms with Crippen LogP contribution in [0.3, 0.4) is 0 Å². The zero-order valence-electron chi connectivity index (χ0n) is 17.2. The first kappa shape index (κ1) is 21.5. The Hall–Kier alpha value is -1.80. The van der Waals surface area contributed by atoms with Gasteiger partial charge in [-0.05, 0) is 34.1 Å². The van der Waals surface area contributed by atoms with Gasteiger partial charge in [0.15, 0.2) is 0 Å². The van der Waals surface area contributed by atoms with Gasteiger partial charge in [-0.3, -0.25) is 9.48 Å². The molecule has 146 valence electrons. The summed E-state index contributed by atoms with van der Waals surface area (Å²) in [5.41, 5.74) is 5.63. The minimum Gasteiger partial charge on any atom is -1.00 e. The molecule has 0 unspecified atom stereocenters. The number of halogens is 1. The molecule has 3 rings (SSSR count). The summed E-state index contributed by atoms with van der Waals surface area (Å²) in [4.78, 5) is 2.45. The minimum atomic E-state index is 0. The Labute approximate surface area is 171 Å². The van der Waals surface area contributed by atoms with Crippen LogP contribution in [0.5, 0.6) is 0 Å². The Balaban J connectivity index is 0.00000261. The first-order chi connectivity index (χ1) is 12.5. The van der Waals surface area contributed by atoms with Crippen LogP contribution in [0.25, 0.3) is 0 Å². The van der Waals surface area contributed by atoms with Gasteiger partial charge in [0.1, 0.15) is 13.1 Å². The van der Waals surface area contributed by atoms with Crippen LogP contribution in [0, 0.1) is 0 Å². The van der Waals surface area contributed by atoms with Crippen LogP contribution in [-0.2, 0) is 13.1 Å².